The van der Waals surface area contributed by atoms with Crippen molar-refractivity contribution >= 4 is 0 Å². The Morgan fingerprint density at radius 3 is 2.56 bits per heavy atom. The highest BCUT2D eigenvalue weighted by atomic mass is 19.3. The zero-order valence-corrected chi connectivity index (χ0v) is 9.84. The molecular formula is C13H19F2N. The van der Waals surface area contributed by atoms with Crippen LogP contribution in [0, 0.1) is 0 Å². The van der Waals surface area contributed by atoms with Crippen molar-refractivity contribution in [3.63, 3.8) is 0 Å². The molecule has 1 aromatic carbocycles. The fourth-order valence-corrected chi connectivity index (χ4v) is 1.64. The zero-order valence-electron chi connectivity index (χ0n) is 9.84. The van der Waals surface area contributed by atoms with Gasteiger partial charge in [0.1, 0.15) is 0 Å². The van der Waals surface area contributed by atoms with Crippen LogP contribution in [0.3, 0.4) is 0 Å². The van der Waals surface area contributed by atoms with Crippen LogP contribution in [0.1, 0.15) is 43.7 Å². The van der Waals surface area contributed by atoms with Gasteiger partial charge in [0.2, 0.25) is 0 Å². The topological polar surface area (TPSA) is 26.0 Å². The summed E-state index contributed by atoms with van der Waals surface area (Å²) in [4.78, 5) is 0. The molecule has 0 aliphatic heterocycles. The molecule has 0 amide bonds. The summed E-state index contributed by atoms with van der Waals surface area (Å²) in [6.07, 6.45) is 0.831. The van der Waals surface area contributed by atoms with Gasteiger partial charge in [-0.3, -0.25) is 5.73 Å². The lowest BCUT2D eigenvalue weighted by Crippen LogP contribution is -2.28. The summed E-state index contributed by atoms with van der Waals surface area (Å²) in [5, 5.41) is 0. The van der Waals surface area contributed by atoms with Gasteiger partial charge in [0.05, 0.1) is 0 Å². The Labute approximate surface area is 95.7 Å². The average molecular weight is 227 g/mol. The van der Waals surface area contributed by atoms with Crippen LogP contribution in [0.25, 0.3) is 0 Å². The van der Waals surface area contributed by atoms with Crippen LogP contribution in [0.15, 0.2) is 24.3 Å². The van der Waals surface area contributed by atoms with Crippen molar-refractivity contribution in [1.82, 2.24) is 0 Å². The molecule has 0 radical (unpaired) electrons. The second-order valence-corrected chi connectivity index (χ2v) is 4.51. The minimum absolute atomic E-state index is 0.251. The number of nitrogens with two attached hydrogens (primary N) is 1. The van der Waals surface area contributed by atoms with Crippen molar-refractivity contribution in [1.29, 1.82) is 0 Å². The Morgan fingerprint density at radius 2 is 2.00 bits per heavy atom. The van der Waals surface area contributed by atoms with E-state index in [1.807, 2.05) is 12.1 Å². The first-order valence-corrected chi connectivity index (χ1v) is 5.64. The first kappa shape index (κ1) is 13.1. The van der Waals surface area contributed by atoms with Gasteiger partial charge in [-0.1, -0.05) is 38.1 Å². The molecule has 0 heterocycles. The summed E-state index contributed by atoms with van der Waals surface area (Å²) < 4.78 is 24.8. The van der Waals surface area contributed by atoms with Crippen molar-refractivity contribution in [2.45, 2.75) is 45.1 Å². The van der Waals surface area contributed by atoms with Crippen LogP contribution in [0.4, 0.5) is 8.78 Å². The van der Waals surface area contributed by atoms with Gasteiger partial charge in [0.25, 0.3) is 6.05 Å². The summed E-state index contributed by atoms with van der Waals surface area (Å²) in [5.41, 5.74) is 7.00. The van der Waals surface area contributed by atoms with Gasteiger partial charge in [0.15, 0.2) is 0 Å². The van der Waals surface area contributed by atoms with E-state index in [1.54, 1.807) is 0 Å². The molecule has 0 saturated heterocycles. The minimum atomic E-state index is -3.03. The first-order valence-electron chi connectivity index (χ1n) is 5.64. The maximum Gasteiger partial charge on any atom is 0.300 e. The van der Waals surface area contributed by atoms with Crippen LogP contribution in [0.2, 0.25) is 0 Å². The Bertz CT molecular complexity index is 329. The van der Waals surface area contributed by atoms with E-state index in [0.717, 1.165) is 5.56 Å². The van der Waals surface area contributed by atoms with Crippen molar-refractivity contribution < 1.29 is 8.78 Å². The predicted octanol–water partition coefficient (Wildman–Crippen LogP) is 3.68. The quantitative estimate of drug-likeness (QED) is 0.763. The highest BCUT2D eigenvalue weighted by molar-refractivity contribution is 5.25. The summed E-state index contributed by atoms with van der Waals surface area (Å²) in [6, 6.07) is 5.06. The van der Waals surface area contributed by atoms with Crippen molar-refractivity contribution in [3.8, 4) is 0 Å². The average Bonchev–Trinajstić information content (AvgIpc) is 2.16. The number of rotatable bonds is 5. The highest BCUT2D eigenvalue weighted by Gasteiger charge is 2.20. The third-order valence-corrected chi connectivity index (χ3v) is 2.59. The molecule has 0 saturated carbocycles. The number of hydrogen-bond donors (Lipinski definition) is 1. The monoisotopic (exact) mass is 227 g/mol. The van der Waals surface area contributed by atoms with Crippen LogP contribution < -0.4 is 5.73 Å². The van der Waals surface area contributed by atoms with Gasteiger partial charge in [0, 0.05) is 6.42 Å². The lowest BCUT2D eigenvalue weighted by atomic mass is 9.98. The van der Waals surface area contributed by atoms with Gasteiger partial charge in [-0.25, -0.2) is 0 Å². The number of alkyl halides is 2. The molecule has 0 aromatic heterocycles. The summed E-state index contributed by atoms with van der Waals surface area (Å²) in [6.45, 7) is 4.24. The van der Waals surface area contributed by atoms with Gasteiger partial charge < -0.3 is 0 Å². The molecule has 1 aromatic rings. The molecule has 1 nitrogen and oxygen atoms in total. The molecule has 0 aliphatic carbocycles. The molecule has 0 aliphatic rings. The van der Waals surface area contributed by atoms with Crippen molar-refractivity contribution in [2.24, 2.45) is 5.73 Å². The second-order valence-electron chi connectivity index (χ2n) is 4.51. The van der Waals surface area contributed by atoms with Gasteiger partial charge in [-0.2, -0.15) is 8.78 Å². The molecular weight excluding hydrogens is 208 g/mol. The summed E-state index contributed by atoms with van der Waals surface area (Å²) in [7, 11) is 0. The Hall–Kier alpha value is -0.960. The highest BCUT2D eigenvalue weighted by Crippen LogP contribution is 2.19. The van der Waals surface area contributed by atoms with E-state index in [0.29, 0.717) is 18.8 Å². The molecule has 1 rings (SSSR count). The van der Waals surface area contributed by atoms with Gasteiger partial charge in [-0.05, 0) is 29.9 Å². The third kappa shape index (κ3) is 4.71. The number of hydrogen-bond acceptors (Lipinski definition) is 1. The molecule has 90 valence electrons. The fourth-order valence-electron chi connectivity index (χ4n) is 1.64. The van der Waals surface area contributed by atoms with Crippen LogP contribution in [0.5, 0.6) is 0 Å². The summed E-state index contributed by atoms with van der Waals surface area (Å²) >= 11 is 0. The SMILES string of the molecule is CC(C)c1cccc(CCCC(N)(F)F)c1. The van der Waals surface area contributed by atoms with Crippen molar-refractivity contribution in [3.05, 3.63) is 35.4 Å². The Balaban J connectivity index is 2.51. The van der Waals surface area contributed by atoms with Crippen LogP contribution in [-0.2, 0) is 6.42 Å². The van der Waals surface area contributed by atoms with Crippen LogP contribution in [-0.4, -0.2) is 6.05 Å². The molecule has 0 fully saturated rings. The lowest BCUT2D eigenvalue weighted by molar-refractivity contribution is -0.00247. The molecule has 3 heteroatoms. The van der Waals surface area contributed by atoms with E-state index in [-0.39, 0.29) is 6.42 Å². The van der Waals surface area contributed by atoms with E-state index in [9.17, 15) is 8.78 Å². The molecule has 0 spiro atoms. The lowest BCUT2D eigenvalue weighted by Gasteiger charge is -2.11. The van der Waals surface area contributed by atoms with E-state index in [1.165, 1.54) is 5.56 Å². The van der Waals surface area contributed by atoms with E-state index >= 15 is 0 Å². The van der Waals surface area contributed by atoms with E-state index in [2.05, 4.69) is 31.7 Å². The van der Waals surface area contributed by atoms with Gasteiger partial charge in [-0.15, -0.1) is 0 Å². The zero-order chi connectivity index (χ0) is 12.2. The largest absolute Gasteiger partial charge is 0.300 e. The minimum Gasteiger partial charge on any atom is -0.272 e. The van der Waals surface area contributed by atoms with E-state index in [4.69, 9.17) is 0 Å². The predicted molar refractivity (Wildman–Crippen MR) is 62.6 cm³/mol. The van der Waals surface area contributed by atoms with Gasteiger partial charge >= 0.3 is 0 Å². The molecule has 0 atom stereocenters. The molecule has 0 unspecified atom stereocenters. The normalized spacial score (nSPS) is 12.1. The van der Waals surface area contributed by atoms with E-state index < -0.39 is 6.05 Å². The summed E-state index contributed by atoms with van der Waals surface area (Å²) in [5.74, 6) is 0.468. The smallest absolute Gasteiger partial charge is 0.272 e. The number of halogens is 2. The van der Waals surface area contributed by atoms with Crippen LogP contribution >= 0.6 is 0 Å². The maximum absolute atomic E-state index is 12.4. The fraction of sp³-hybridized carbons (Fsp3) is 0.538. The Kier molecular flexibility index (Phi) is 4.42. The molecule has 2 N–H and O–H groups in total. The Morgan fingerprint density at radius 1 is 1.31 bits per heavy atom. The van der Waals surface area contributed by atoms with Crippen molar-refractivity contribution in [2.75, 3.05) is 0 Å². The second kappa shape index (κ2) is 5.39. The third-order valence-electron chi connectivity index (χ3n) is 2.59. The standard InChI is InChI=1S/C13H19F2N/c1-10(2)12-7-3-5-11(9-12)6-4-8-13(14,15)16/h3,5,7,9-10H,4,6,8,16H2,1-2H3. The number of benzene rings is 1. The molecule has 16 heavy (non-hydrogen) atoms. The first-order chi connectivity index (χ1) is 7.38. The number of aryl methyl sites for hydroxylation is 1. The maximum atomic E-state index is 12.4. The molecule has 0 bridgehead atoms.